The molecule has 0 unspecified atom stereocenters. The van der Waals surface area contributed by atoms with Crippen LogP contribution in [-0.2, 0) is 0 Å². The molecule has 2 aromatic rings. The number of hydrogen-bond acceptors (Lipinski definition) is 2. The Hall–Kier alpha value is -2.00. The molecule has 1 aromatic heterocycles. The van der Waals surface area contributed by atoms with Gasteiger partial charge in [0.1, 0.15) is 5.82 Å². The molecule has 1 N–H and O–H groups in total. The third-order valence-corrected chi connectivity index (χ3v) is 5.46. The summed E-state index contributed by atoms with van der Waals surface area (Å²) < 4.78 is 13.3. The molecule has 2 nitrogen and oxygen atoms in total. The molecule has 1 aliphatic carbocycles. The lowest BCUT2D eigenvalue weighted by Crippen LogP contribution is -2.26. The van der Waals surface area contributed by atoms with Crippen LogP contribution in [0.3, 0.4) is 0 Å². The van der Waals surface area contributed by atoms with Gasteiger partial charge in [0.2, 0.25) is 0 Å². The molecule has 0 spiro atoms. The molecule has 0 radical (unpaired) electrons. The SMILES string of the molecule is Fc1cccc(-c2ccc(C=C[C@@H]3NC[C@@H]4CCCC[C@@H]43)nc2)c1. The fourth-order valence-corrected chi connectivity index (χ4v) is 4.16. The minimum absolute atomic E-state index is 0.217. The molecule has 4 rings (SSSR count). The molecule has 24 heavy (non-hydrogen) atoms. The average molecular weight is 322 g/mol. The summed E-state index contributed by atoms with van der Waals surface area (Å²) in [4.78, 5) is 4.51. The highest BCUT2D eigenvalue weighted by molar-refractivity contribution is 5.63. The number of hydrogen-bond donors (Lipinski definition) is 1. The summed E-state index contributed by atoms with van der Waals surface area (Å²) in [6.45, 7) is 1.16. The summed E-state index contributed by atoms with van der Waals surface area (Å²) in [7, 11) is 0. The maximum Gasteiger partial charge on any atom is 0.123 e. The van der Waals surface area contributed by atoms with Gasteiger partial charge in [-0.15, -0.1) is 0 Å². The Morgan fingerprint density at radius 1 is 1.08 bits per heavy atom. The topological polar surface area (TPSA) is 24.9 Å². The summed E-state index contributed by atoms with van der Waals surface area (Å²) in [5, 5.41) is 3.66. The standard InChI is InChI=1S/C21H23FN2/c22-18-6-3-5-15(12-18)16-8-9-19(23-13-16)10-11-21-20-7-2-1-4-17(20)14-24-21/h3,5-6,8-13,17,20-21,24H,1-2,4,7,14H2/t17-,20-,21-/m0/s1. The van der Waals surface area contributed by atoms with Crippen LogP contribution in [0.1, 0.15) is 31.4 Å². The predicted molar refractivity (Wildman–Crippen MR) is 95.9 cm³/mol. The van der Waals surface area contributed by atoms with E-state index in [0.29, 0.717) is 6.04 Å². The van der Waals surface area contributed by atoms with Crippen LogP contribution in [0.25, 0.3) is 17.2 Å². The van der Waals surface area contributed by atoms with Crippen LogP contribution in [0, 0.1) is 17.7 Å². The van der Waals surface area contributed by atoms with Crippen molar-refractivity contribution in [1.29, 1.82) is 0 Å². The smallest absolute Gasteiger partial charge is 0.123 e. The Morgan fingerprint density at radius 3 is 2.83 bits per heavy atom. The zero-order valence-corrected chi connectivity index (χ0v) is 13.8. The van der Waals surface area contributed by atoms with Crippen LogP contribution < -0.4 is 5.32 Å². The zero-order valence-electron chi connectivity index (χ0n) is 13.8. The van der Waals surface area contributed by atoms with E-state index >= 15 is 0 Å². The van der Waals surface area contributed by atoms with Gasteiger partial charge in [0.25, 0.3) is 0 Å². The van der Waals surface area contributed by atoms with Crippen LogP contribution in [0.5, 0.6) is 0 Å². The minimum Gasteiger partial charge on any atom is -0.310 e. The first-order chi connectivity index (χ1) is 11.8. The highest BCUT2D eigenvalue weighted by Gasteiger charge is 2.35. The molecular weight excluding hydrogens is 299 g/mol. The number of nitrogens with zero attached hydrogens (tertiary/aromatic N) is 1. The van der Waals surface area contributed by atoms with Gasteiger partial charge in [0.15, 0.2) is 0 Å². The number of nitrogens with one attached hydrogen (secondary N) is 1. The van der Waals surface area contributed by atoms with Crippen molar-refractivity contribution in [2.75, 3.05) is 6.54 Å². The summed E-state index contributed by atoms with van der Waals surface area (Å²) >= 11 is 0. The molecule has 1 aromatic carbocycles. The van der Waals surface area contributed by atoms with Crippen molar-refractivity contribution < 1.29 is 4.39 Å². The summed E-state index contributed by atoms with van der Waals surface area (Å²) in [6.07, 6.45) is 11.7. The summed E-state index contributed by atoms with van der Waals surface area (Å²) in [6, 6.07) is 11.1. The molecule has 1 saturated carbocycles. The lowest BCUT2D eigenvalue weighted by molar-refractivity contribution is 0.281. The number of aromatic nitrogens is 1. The van der Waals surface area contributed by atoms with Gasteiger partial charge >= 0.3 is 0 Å². The molecule has 2 heterocycles. The lowest BCUT2D eigenvalue weighted by Gasteiger charge is -2.26. The first-order valence-corrected chi connectivity index (χ1v) is 8.93. The van der Waals surface area contributed by atoms with E-state index in [2.05, 4.69) is 22.5 Å². The third-order valence-electron chi connectivity index (χ3n) is 5.46. The van der Waals surface area contributed by atoms with Crippen molar-refractivity contribution in [2.45, 2.75) is 31.7 Å². The molecule has 2 aliphatic rings. The van der Waals surface area contributed by atoms with Gasteiger partial charge in [0, 0.05) is 17.8 Å². The van der Waals surface area contributed by atoms with Crippen LogP contribution in [-0.4, -0.2) is 17.6 Å². The quantitative estimate of drug-likeness (QED) is 0.887. The number of rotatable bonds is 3. The van der Waals surface area contributed by atoms with Gasteiger partial charge in [0.05, 0.1) is 5.69 Å². The van der Waals surface area contributed by atoms with E-state index in [1.54, 1.807) is 6.07 Å². The third kappa shape index (κ3) is 3.27. The second-order valence-electron chi connectivity index (χ2n) is 6.98. The molecule has 0 bridgehead atoms. The molecule has 3 atom stereocenters. The van der Waals surface area contributed by atoms with Crippen molar-refractivity contribution in [3.05, 3.63) is 60.2 Å². The Morgan fingerprint density at radius 2 is 2.00 bits per heavy atom. The first kappa shape index (κ1) is 15.5. The largest absolute Gasteiger partial charge is 0.310 e. The predicted octanol–water partition coefficient (Wildman–Crippen LogP) is 4.68. The van der Waals surface area contributed by atoms with Crippen LogP contribution >= 0.6 is 0 Å². The monoisotopic (exact) mass is 322 g/mol. The second kappa shape index (κ2) is 6.86. The number of fused-ring (bicyclic) bond motifs is 1. The Labute approximate surface area is 142 Å². The molecular formula is C21H23FN2. The van der Waals surface area contributed by atoms with Crippen molar-refractivity contribution in [3.63, 3.8) is 0 Å². The van der Waals surface area contributed by atoms with Gasteiger partial charge in [-0.25, -0.2) is 4.39 Å². The minimum atomic E-state index is -0.217. The normalized spacial score (nSPS) is 26.6. The highest BCUT2D eigenvalue weighted by atomic mass is 19.1. The fraction of sp³-hybridized carbons (Fsp3) is 0.381. The molecule has 3 heteroatoms. The van der Waals surface area contributed by atoms with E-state index < -0.39 is 0 Å². The van der Waals surface area contributed by atoms with E-state index in [9.17, 15) is 4.39 Å². The van der Waals surface area contributed by atoms with E-state index in [-0.39, 0.29) is 5.82 Å². The molecule has 2 fully saturated rings. The van der Waals surface area contributed by atoms with Crippen molar-refractivity contribution >= 4 is 6.08 Å². The highest BCUT2D eigenvalue weighted by Crippen LogP contribution is 2.36. The van der Waals surface area contributed by atoms with Crippen LogP contribution in [0.2, 0.25) is 0 Å². The second-order valence-corrected chi connectivity index (χ2v) is 6.98. The van der Waals surface area contributed by atoms with E-state index in [4.69, 9.17) is 0 Å². The average Bonchev–Trinajstić information content (AvgIpc) is 3.04. The van der Waals surface area contributed by atoms with Crippen LogP contribution in [0.4, 0.5) is 4.39 Å². The summed E-state index contributed by atoms with van der Waals surface area (Å²) in [5.74, 6) is 1.43. The van der Waals surface area contributed by atoms with Crippen molar-refractivity contribution in [3.8, 4) is 11.1 Å². The lowest BCUT2D eigenvalue weighted by atomic mass is 9.78. The van der Waals surface area contributed by atoms with E-state index in [0.717, 1.165) is 35.2 Å². The van der Waals surface area contributed by atoms with Gasteiger partial charge in [-0.3, -0.25) is 4.98 Å². The van der Waals surface area contributed by atoms with Gasteiger partial charge in [-0.05, 0) is 61.1 Å². The van der Waals surface area contributed by atoms with E-state index in [1.165, 1.54) is 37.8 Å². The zero-order chi connectivity index (χ0) is 16.4. The maximum absolute atomic E-state index is 13.3. The Balaban J connectivity index is 1.45. The van der Waals surface area contributed by atoms with Gasteiger partial charge < -0.3 is 5.32 Å². The van der Waals surface area contributed by atoms with E-state index in [1.807, 2.05) is 24.4 Å². The van der Waals surface area contributed by atoms with Crippen molar-refractivity contribution in [1.82, 2.24) is 10.3 Å². The number of pyridine rings is 1. The first-order valence-electron chi connectivity index (χ1n) is 8.93. The number of benzene rings is 1. The maximum atomic E-state index is 13.3. The summed E-state index contributed by atoms with van der Waals surface area (Å²) in [5.41, 5.74) is 2.76. The molecule has 1 aliphatic heterocycles. The van der Waals surface area contributed by atoms with Gasteiger partial charge in [-0.1, -0.05) is 37.1 Å². The molecule has 0 amide bonds. The van der Waals surface area contributed by atoms with Gasteiger partial charge in [-0.2, -0.15) is 0 Å². The van der Waals surface area contributed by atoms with Crippen molar-refractivity contribution in [2.24, 2.45) is 11.8 Å². The van der Waals surface area contributed by atoms with Crippen LogP contribution in [0.15, 0.2) is 48.7 Å². The molecule has 1 saturated heterocycles. The fourth-order valence-electron chi connectivity index (χ4n) is 4.16. The number of halogens is 1. The Bertz CT molecular complexity index is 723. The Kier molecular flexibility index (Phi) is 4.44. The molecule has 124 valence electrons.